The van der Waals surface area contributed by atoms with Gasteiger partial charge in [0.05, 0.1) is 23.9 Å². The van der Waals surface area contributed by atoms with Gasteiger partial charge in [-0.15, -0.1) is 11.3 Å². The molecule has 0 bridgehead atoms. The van der Waals surface area contributed by atoms with Crippen molar-refractivity contribution in [1.82, 2.24) is 14.8 Å². The monoisotopic (exact) mass is 386 g/mol. The third-order valence-electron chi connectivity index (χ3n) is 4.28. The van der Waals surface area contributed by atoms with Crippen molar-refractivity contribution in [3.8, 4) is 0 Å². The minimum absolute atomic E-state index is 0.180. The number of rotatable bonds is 5. The van der Waals surface area contributed by atoms with Gasteiger partial charge in [-0.05, 0) is 46.2 Å². The van der Waals surface area contributed by atoms with Crippen LogP contribution in [0.2, 0.25) is 0 Å². The average Bonchev–Trinajstić information content (AvgIpc) is 3.16. The Morgan fingerprint density at radius 2 is 2.04 bits per heavy atom. The van der Waals surface area contributed by atoms with Gasteiger partial charge in [-0.2, -0.15) is 5.10 Å². The van der Waals surface area contributed by atoms with Crippen molar-refractivity contribution in [3.63, 3.8) is 0 Å². The molecule has 3 heterocycles. The molecule has 142 valence electrons. The number of anilines is 1. The normalized spacial score (nSPS) is 11.2. The third-order valence-corrected chi connectivity index (χ3v) is 5.40. The minimum Gasteiger partial charge on any atom is -0.462 e. The van der Waals surface area contributed by atoms with Crippen molar-refractivity contribution in [1.29, 1.82) is 0 Å². The summed E-state index contributed by atoms with van der Waals surface area (Å²) in [7, 11) is 0. The summed E-state index contributed by atoms with van der Waals surface area (Å²) in [6.07, 6.45) is 3.22. The van der Waals surface area contributed by atoms with Crippen LogP contribution in [0.3, 0.4) is 0 Å². The number of esters is 1. The minimum atomic E-state index is -0.429. The molecular weight excluding hydrogens is 364 g/mol. The first-order valence-electron chi connectivity index (χ1n) is 8.75. The lowest BCUT2D eigenvalue weighted by molar-refractivity contribution is 0.0527. The molecule has 3 rings (SSSR count). The highest BCUT2D eigenvalue weighted by Crippen LogP contribution is 2.33. The van der Waals surface area contributed by atoms with Gasteiger partial charge in [0.2, 0.25) is 0 Å². The molecule has 7 nitrogen and oxygen atoms in total. The van der Waals surface area contributed by atoms with Crippen LogP contribution in [0.1, 0.15) is 58.0 Å². The van der Waals surface area contributed by atoms with Crippen LogP contribution in [0.25, 0.3) is 11.0 Å². The van der Waals surface area contributed by atoms with Gasteiger partial charge in [-0.3, -0.25) is 4.79 Å². The number of nitrogens with zero attached hydrogens (tertiary/aromatic N) is 3. The van der Waals surface area contributed by atoms with E-state index in [1.807, 2.05) is 32.4 Å². The molecule has 0 aromatic carbocycles. The highest BCUT2D eigenvalue weighted by Gasteiger charge is 2.22. The number of hydrogen-bond donors (Lipinski definition) is 1. The summed E-state index contributed by atoms with van der Waals surface area (Å²) in [4.78, 5) is 30.3. The molecule has 1 amide bonds. The topological polar surface area (TPSA) is 86.1 Å². The summed E-state index contributed by atoms with van der Waals surface area (Å²) in [5, 5.41) is 8.43. The summed E-state index contributed by atoms with van der Waals surface area (Å²) in [6.45, 7) is 9.83. The molecule has 0 radical (unpaired) electrons. The van der Waals surface area contributed by atoms with E-state index in [2.05, 4.69) is 15.4 Å². The summed E-state index contributed by atoms with van der Waals surface area (Å²) < 4.78 is 6.93. The molecule has 3 aromatic rings. The fraction of sp³-hybridized carbons (Fsp3) is 0.368. The average molecular weight is 386 g/mol. The molecule has 3 aromatic heterocycles. The number of pyridine rings is 1. The van der Waals surface area contributed by atoms with E-state index in [0.717, 1.165) is 21.5 Å². The Hall–Kier alpha value is -2.74. The maximum absolute atomic E-state index is 12.7. The van der Waals surface area contributed by atoms with Crippen LogP contribution in [-0.4, -0.2) is 33.2 Å². The molecule has 0 saturated heterocycles. The number of hydrogen-bond acceptors (Lipinski definition) is 6. The van der Waals surface area contributed by atoms with E-state index in [0.29, 0.717) is 16.1 Å². The zero-order valence-electron chi connectivity index (χ0n) is 16.0. The van der Waals surface area contributed by atoms with Gasteiger partial charge in [-0.1, -0.05) is 0 Å². The zero-order chi connectivity index (χ0) is 19.7. The Labute approximate surface area is 161 Å². The van der Waals surface area contributed by atoms with E-state index >= 15 is 0 Å². The van der Waals surface area contributed by atoms with Gasteiger partial charge in [0.15, 0.2) is 5.65 Å². The molecular formula is C19H22N4O3S. The molecule has 27 heavy (non-hydrogen) atoms. The molecule has 0 unspecified atom stereocenters. The predicted molar refractivity (Wildman–Crippen MR) is 106 cm³/mol. The standard InChI is InChI=1S/C19H22N4O3S/c1-6-26-19(25)15-11(4)12(5)27-18(15)22-17(24)14-7-13-9-21-23(10(2)3)16(13)20-8-14/h7-10H,6H2,1-5H3,(H,22,24). The quantitative estimate of drug-likeness (QED) is 0.667. The number of amides is 1. The molecule has 0 atom stereocenters. The van der Waals surface area contributed by atoms with E-state index in [1.54, 1.807) is 19.2 Å². The van der Waals surface area contributed by atoms with E-state index in [9.17, 15) is 9.59 Å². The lowest BCUT2D eigenvalue weighted by Gasteiger charge is -2.08. The van der Waals surface area contributed by atoms with Crippen LogP contribution in [0.5, 0.6) is 0 Å². The fourth-order valence-corrected chi connectivity index (χ4v) is 3.83. The van der Waals surface area contributed by atoms with Crippen LogP contribution in [0.4, 0.5) is 5.00 Å². The third kappa shape index (κ3) is 3.57. The summed E-state index contributed by atoms with van der Waals surface area (Å²) in [5.74, 6) is -0.755. The van der Waals surface area contributed by atoms with Crippen molar-refractivity contribution >= 4 is 39.2 Å². The van der Waals surface area contributed by atoms with Crippen LogP contribution in [-0.2, 0) is 4.74 Å². The van der Waals surface area contributed by atoms with Crippen LogP contribution < -0.4 is 5.32 Å². The van der Waals surface area contributed by atoms with Crippen molar-refractivity contribution in [3.05, 3.63) is 40.0 Å². The van der Waals surface area contributed by atoms with Crippen molar-refractivity contribution < 1.29 is 14.3 Å². The first kappa shape index (κ1) is 19.0. The molecule has 0 aliphatic rings. The van der Waals surface area contributed by atoms with E-state index in [4.69, 9.17) is 4.74 Å². The second kappa shape index (κ2) is 7.48. The predicted octanol–water partition coefficient (Wildman–Crippen LogP) is 4.12. The first-order chi connectivity index (χ1) is 12.8. The van der Waals surface area contributed by atoms with Gasteiger partial charge >= 0.3 is 5.97 Å². The lowest BCUT2D eigenvalue weighted by Crippen LogP contribution is -2.15. The molecule has 0 saturated carbocycles. The SMILES string of the molecule is CCOC(=O)c1c(NC(=O)c2cnc3c(cnn3C(C)C)c2)sc(C)c1C. The first-order valence-corrected chi connectivity index (χ1v) is 9.56. The summed E-state index contributed by atoms with van der Waals surface area (Å²) >= 11 is 1.36. The number of aryl methyl sites for hydroxylation is 1. The maximum atomic E-state index is 12.7. The Balaban J connectivity index is 1.91. The molecule has 0 fully saturated rings. The second-order valence-corrected chi connectivity index (χ2v) is 7.71. The Morgan fingerprint density at radius 1 is 1.30 bits per heavy atom. The van der Waals surface area contributed by atoms with Crippen LogP contribution in [0.15, 0.2) is 18.5 Å². The molecule has 1 N–H and O–H groups in total. The number of carbonyl (C=O) groups is 2. The Morgan fingerprint density at radius 3 is 2.70 bits per heavy atom. The van der Waals surface area contributed by atoms with Gasteiger partial charge in [0, 0.05) is 22.5 Å². The van der Waals surface area contributed by atoms with Crippen LogP contribution in [0, 0.1) is 13.8 Å². The van der Waals surface area contributed by atoms with Gasteiger partial charge in [0.1, 0.15) is 5.00 Å². The smallest absolute Gasteiger partial charge is 0.341 e. The molecule has 0 aliphatic heterocycles. The number of aromatic nitrogens is 3. The summed E-state index contributed by atoms with van der Waals surface area (Å²) in [6, 6.07) is 1.93. The molecule has 0 aliphatic carbocycles. The van der Waals surface area contributed by atoms with E-state index in [-0.39, 0.29) is 18.6 Å². The maximum Gasteiger partial charge on any atom is 0.341 e. The highest BCUT2D eigenvalue weighted by atomic mass is 32.1. The molecule has 0 spiro atoms. The van der Waals surface area contributed by atoms with E-state index in [1.165, 1.54) is 17.5 Å². The fourth-order valence-electron chi connectivity index (χ4n) is 2.78. The largest absolute Gasteiger partial charge is 0.462 e. The highest BCUT2D eigenvalue weighted by molar-refractivity contribution is 7.16. The number of nitrogens with one attached hydrogen (secondary N) is 1. The number of ether oxygens (including phenoxy) is 1. The van der Waals surface area contributed by atoms with Crippen LogP contribution >= 0.6 is 11.3 Å². The van der Waals surface area contributed by atoms with Crippen molar-refractivity contribution in [2.75, 3.05) is 11.9 Å². The number of carbonyl (C=O) groups excluding carboxylic acids is 2. The lowest BCUT2D eigenvalue weighted by atomic mass is 10.1. The van der Waals surface area contributed by atoms with E-state index < -0.39 is 5.97 Å². The van der Waals surface area contributed by atoms with Gasteiger partial charge < -0.3 is 10.1 Å². The van der Waals surface area contributed by atoms with Crippen molar-refractivity contribution in [2.24, 2.45) is 0 Å². The Kier molecular flexibility index (Phi) is 5.27. The Bertz CT molecular complexity index is 1020. The van der Waals surface area contributed by atoms with Gasteiger partial charge in [0.25, 0.3) is 5.91 Å². The van der Waals surface area contributed by atoms with Crippen molar-refractivity contribution in [2.45, 2.75) is 40.7 Å². The second-order valence-electron chi connectivity index (χ2n) is 6.48. The number of fused-ring (bicyclic) bond motifs is 1. The van der Waals surface area contributed by atoms with Gasteiger partial charge in [-0.25, -0.2) is 14.5 Å². The zero-order valence-corrected chi connectivity index (χ0v) is 16.8. The summed E-state index contributed by atoms with van der Waals surface area (Å²) in [5.41, 5.74) is 2.37. The number of thiophene rings is 1. The molecule has 8 heteroatoms.